The summed E-state index contributed by atoms with van der Waals surface area (Å²) in [6.45, 7) is 4.17. The third-order valence-corrected chi connectivity index (χ3v) is 7.51. The summed E-state index contributed by atoms with van der Waals surface area (Å²) >= 11 is 18.9. The predicted molar refractivity (Wildman–Crippen MR) is 146 cm³/mol. The molecule has 0 aliphatic carbocycles. The van der Waals surface area contributed by atoms with E-state index in [1.807, 2.05) is 54.6 Å². The number of aromatic nitrogens is 2. The molecular formula is C27H24Cl2N4OS. The van der Waals surface area contributed by atoms with E-state index in [4.69, 9.17) is 40.2 Å². The highest BCUT2D eigenvalue weighted by atomic mass is 35.5. The second kappa shape index (κ2) is 9.53. The van der Waals surface area contributed by atoms with Gasteiger partial charge in [0.25, 0.3) is 0 Å². The zero-order chi connectivity index (χ0) is 24.7. The van der Waals surface area contributed by atoms with Gasteiger partial charge in [0.15, 0.2) is 5.11 Å². The molecule has 1 aliphatic heterocycles. The van der Waals surface area contributed by atoms with E-state index in [1.54, 1.807) is 19.4 Å². The van der Waals surface area contributed by atoms with Crippen LogP contribution in [-0.2, 0) is 0 Å². The van der Waals surface area contributed by atoms with Crippen LogP contribution < -0.4 is 15.0 Å². The van der Waals surface area contributed by atoms with Crippen LogP contribution in [0.15, 0.2) is 72.9 Å². The molecule has 0 spiro atoms. The normalized spacial score (nSPS) is 17.5. The Morgan fingerprint density at radius 2 is 1.80 bits per heavy atom. The molecule has 3 heterocycles. The van der Waals surface area contributed by atoms with Gasteiger partial charge in [-0.2, -0.15) is 0 Å². The van der Waals surface area contributed by atoms with Crippen LogP contribution in [0.25, 0.3) is 5.69 Å². The van der Waals surface area contributed by atoms with Crippen LogP contribution >= 0.6 is 35.4 Å². The molecule has 5 nitrogen and oxygen atoms in total. The second-order valence-corrected chi connectivity index (χ2v) is 9.60. The van der Waals surface area contributed by atoms with E-state index in [0.717, 1.165) is 39.8 Å². The third kappa shape index (κ3) is 4.16. The lowest BCUT2D eigenvalue weighted by molar-refractivity contribution is 0.415. The largest absolute Gasteiger partial charge is 0.497 e. The highest BCUT2D eigenvalue weighted by Gasteiger charge is 2.42. The Morgan fingerprint density at radius 1 is 1.00 bits per heavy atom. The maximum absolute atomic E-state index is 6.63. The molecule has 178 valence electrons. The van der Waals surface area contributed by atoms with Crippen molar-refractivity contribution in [2.75, 3.05) is 12.0 Å². The molecule has 0 radical (unpaired) electrons. The van der Waals surface area contributed by atoms with Gasteiger partial charge >= 0.3 is 0 Å². The minimum absolute atomic E-state index is 0.151. The van der Waals surface area contributed by atoms with Gasteiger partial charge in [-0.1, -0.05) is 41.4 Å². The van der Waals surface area contributed by atoms with E-state index in [9.17, 15) is 0 Å². The first kappa shape index (κ1) is 23.7. The van der Waals surface area contributed by atoms with Crippen LogP contribution in [0.4, 0.5) is 5.69 Å². The molecule has 1 saturated heterocycles. The number of pyridine rings is 1. The molecule has 4 aromatic rings. The Morgan fingerprint density at radius 3 is 2.54 bits per heavy atom. The first-order chi connectivity index (χ1) is 16.9. The molecule has 1 N–H and O–H groups in total. The van der Waals surface area contributed by atoms with Crippen molar-refractivity contribution in [1.82, 2.24) is 14.9 Å². The van der Waals surface area contributed by atoms with Crippen LogP contribution in [-0.4, -0.2) is 21.8 Å². The van der Waals surface area contributed by atoms with Crippen molar-refractivity contribution in [3.8, 4) is 11.4 Å². The minimum atomic E-state index is -0.154. The average Bonchev–Trinajstić information content (AvgIpc) is 3.36. The maximum atomic E-state index is 6.63. The summed E-state index contributed by atoms with van der Waals surface area (Å²) in [6.07, 6.45) is 1.81. The summed E-state index contributed by atoms with van der Waals surface area (Å²) in [5.74, 6) is 0.765. The first-order valence-corrected chi connectivity index (χ1v) is 12.3. The molecule has 5 rings (SSSR count). The summed E-state index contributed by atoms with van der Waals surface area (Å²) in [4.78, 5) is 6.80. The van der Waals surface area contributed by atoms with Crippen molar-refractivity contribution < 1.29 is 4.74 Å². The van der Waals surface area contributed by atoms with Gasteiger partial charge in [0.1, 0.15) is 5.75 Å². The Kier molecular flexibility index (Phi) is 6.45. The molecule has 1 aliphatic rings. The van der Waals surface area contributed by atoms with Crippen molar-refractivity contribution in [1.29, 1.82) is 0 Å². The van der Waals surface area contributed by atoms with E-state index in [2.05, 4.69) is 39.7 Å². The van der Waals surface area contributed by atoms with Gasteiger partial charge in [-0.15, -0.1) is 0 Å². The molecule has 0 amide bonds. The lowest BCUT2D eigenvalue weighted by Gasteiger charge is -2.28. The van der Waals surface area contributed by atoms with Gasteiger partial charge < -0.3 is 19.5 Å². The summed E-state index contributed by atoms with van der Waals surface area (Å²) in [5.41, 5.74) is 5.91. The number of thiocarbonyl (C=S) groups is 1. The number of nitrogens with one attached hydrogen (secondary N) is 1. The van der Waals surface area contributed by atoms with Crippen molar-refractivity contribution in [3.63, 3.8) is 0 Å². The van der Waals surface area contributed by atoms with Crippen LogP contribution in [0.1, 0.15) is 34.7 Å². The molecule has 0 saturated carbocycles. The zero-order valence-electron chi connectivity index (χ0n) is 19.5. The van der Waals surface area contributed by atoms with E-state index in [1.165, 1.54) is 0 Å². The van der Waals surface area contributed by atoms with Gasteiger partial charge in [-0.25, -0.2) is 0 Å². The van der Waals surface area contributed by atoms with Crippen molar-refractivity contribution in [3.05, 3.63) is 106 Å². The Hall–Kier alpha value is -3.06. The monoisotopic (exact) mass is 522 g/mol. The third-order valence-electron chi connectivity index (χ3n) is 6.39. The first-order valence-electron chi connectivity index (χ1n) is 11.2. The van der Waals surface area contributed by atoms with E-state index in [-0.39, 0.29) is 12.1 Å². The summed E-state index contributed by atoms with van der Waals surface area (Å²) in [6, 6.07) is 21.4. The van der Waals surface area contributed by atoms with E-state index >= 15 is 0 Å². The summed E-state index contributed by atoms with van der Waals surface area (Å²) in [5, 5.41) is 5.19. The quantitative estimate of drug-likeness (QED) is 0.286. The number of methoxy groups -OCH3 is 1. The predicted octanol–water partition coefficient (Wildman–Crippen LogP) is 6.98. The highest BCUT2D eigenvalue weighted by molar-refractivity contribution is 7.80. The molecule has 1 fully saturated rings. The molecule has 0 bridgehead atoms. The molecule has 0 unspecified atom stereocenters. The fourth-order valence-corrected chi connectivity index (χ4v) is 5.56. The fourth-order valence-electron chi connectivity index (χ4n) is 4.83. The van der Waals surface area contributed by atoms with Gasteiger partial charge in [0.2, 0.25) is 0 Å². The molecule has 8 heteroatoms. The number of benzene rings is 2. The highest BCUT2D eigenvalue weighted by Crippen LogP contribution is 2.44. The lowest BCUT2D eigenvalue weighted by atomic mass is 9.96. The number of nitrogens with zero attached hydrogens (tertiary/aromatic N) is 3. The SMILES string of the molecule is COc1cccc(N2C(=S)N[C@H](c3ccccn3)[C@H]2c2cc(C)n(-c3cccc(Cl)c3Cl)c2C)c1. The number of hydrogen-bond donors (Lipinski definition) is 1. The van der Waals surface area contributed by atoms with Crippen molar-refractivity contribution >= 4 is 46.2 Å². The average molecular weight is 523 g/mol. The van der Waals surface area contributed by atoms with Crippen LogP contribution in [0, 0.1) is 13.8 Å². The summed E-state index contributed by atoms with van der Waals surface area (Å²) < 4.78 is 7.64. The molecule has 2 aromatic heterocycles. The van der Waals surface area contributed by atoms with Crippen molar-refractivity contribution in [2.45, 2.75) is 25.9 Å². The number of rotatable bonds is 5. The lowest BCUT2D eigenvalue weighted by Crippen LogP contribution is -2.29. The number of anilines is 1. The van der Waals surface area contributed by atoms with E-state index < -0.39 is 0 Å². The Labute approximate surface area is 220 Å². The van der Waals surface area contributed by atoms with E-state index in [0.29, 0.717) is 15.2 Å². The Bertz CT molecular complexity index is 1410. The zero-order valence-corrected chi connectivity index (χ0v) is 21.8. The minimum Gasteiger partial charge on any atom is -0.497 e. The smallest absolute Gasteiger partial charge is 0.174 e. The number of aryl methyl sites for hydroxylation is 1. The van der Waals surface area contributed by atoms with Gasteiger partial charge in [-0.3, -0.25) is 4.98 Å². The molecular weight excluding hydrogens is 499 g/mol. The molecule has 2 atom stereocenters. The van der Waals surface area contributed by atoms with Crippen molar-refractivity contribution in [2.24, 2.45) is 0 Å². The number of ether oxygens (including phenoxy) is 1. The standard InChI is InChI=1S/C27H24Cl2N4OS/c1-16-14-20(17(2)32(16)23-12-7-10-21(28)24(23)29)26-25(22-11-4-5-13-30-22)31-27(35)33(26)18-8-6-9-19(15-18)34-3/h4-15,25-26H,1-3H3,(H,31,35)/t25-,26-/m1/s1. The Balaban J connectivity index is 1.70. The fraction of sp³-hybridized carbons (Fsp3) is 0.185. The topological polar surface area (TPSA) is 42.3 Å². The maximum Gasteiger partial charge on any atom is 0.174 e. The van der Waals surface area contributed by atoms with Crippen LogP contribution in [0.5, 0.6) is 5.75 Å². The number of hydrogen-bond acceptors (Lipinski definition) is 3. The second-order valence-electron chi connectivity index (χ2n) is 8.43. The molecule has 2 aromatic carbocycles. The van der Waals surface area contributed by atoms with Gasteiger partial charge in [0.05, 0.1) is 40.6 Å². The summed E-state index contributed by atoms with van der Waals surface area (Å²) in [7, 11) is 1.66. The van der Waals surface area contributed by atoms with Gasteiger partial charge in [0, 0.05) is 29.3 Å². The van der Waals surface area contributed by atoms with Crippen LogP contribution in [0.3, 0.4) is 0 Å². The molecule has 35 heavy (non-hydrogen) atoms. The van der Waals surface area contributed by atoms with Crippen LogP contribution in [0.2, 0.25) is 10.0 Å². The van der Waals surface area contributed by atoms with Gasteiger partial charge in [-0.05, 0) is 74.1 Å². The number of halogens is 2.